The maximum Gasteiger partial charge on any atom is 0.260 e. The number of carbonyl (C=O) groups is 2. The van der Waals surface area contributed by atoms with Crippen molar-refractivity contribution in [3.63, 3.8) is 0 Å². The predicted molar refractivity (Wildman–Crippen MR) is 87.9 cm³/mol. The van der Waals surface area contributed by atoms with Crippen LogP contribution in [0.15, 0.2) is 35.7 Å². The fraction of sp³-hybridized carbons (Fsp3) is 0.412. The molecular weight excluding hydrogens is 292 g/mol. The molecule has 1 heterocycles. The Balaban J connectivity index is 1.65. The van der Waals surface area contributed by atoms with Crippen molar-refractivity contribution in [1.29, 1.82) is 0 Å². The van der Waals surface area contributed by atoms with Crippen LogP contribution in [0.5, 0.6) is 0 Å². The van der Waals surface area contributed by atoms with E-state index < -0.39 is 0 Å². The van der Waals surface area contributed by atoms with E-state index in [0.717, 1.165) is 23.2 Å². The fourth-order valence-electron chi connectivity index (χ4n) is 3.05. The number of aromatic nitrogens is 2. The molecule has 0 radical (unpaired) electrons. The molecular formula is C17H20N4O2. The summed E-state index contributed by atoms with van der Waals surface area (Å²) in [5, 5.41) is 4.15. The first kappa shape index (κ1) is 15.4. The number of amides is 1. The molecule has 1 N–H and O–H groups in total. The van der Waals surface area contributed by atoms with Crippen LogP contribution in [0, 0.1) is 5.41 Å². The average molecular weight is 312 g/mol. The van der Waals surface area contributed by atoms with Crippen molar-refractivity contribution in [1.82, 2.24) is 15.0 Å². The van der Waals surface area contributed by atoms with Crippen molar-refractivity contribution in [2.45, 2.75) is 39.7 Å². The number of hydrogen-bond donors (Lipinski definition) is 1. The molecule has 3 rings (SSSR count). The Kier molecular flexibility index (Phi) is 3.98. The van der Waals surface area contributed by atoms with Gasteiger partial charge in [0.05, 0.1) is 17.4 Å². The fourth-order valence-corrected chi connectivity index (χ4v) is 3.05. The van der Waals surface area contributed by atoms with Gasteiger partial charge >= 0.3 is 0 Å². The third-order valence-corrected chi connectivity index (χ3v) is 3.94. The van der Waals surface area contributed by atoms with E-state index in [1.54, 1.807) is 10.9 Å². The summed E-state index contributed by atoms with van der Waals surface area (Å²) in [6.45, 7) is 4.23. The van der Waals surface area contributed by atoms with E-state index in [1.807, 2.05) is 38.1 Å². The Labute approximate surface area is 134 Å². The molecule has 0 spiro atoms. The lowest BCUT2D eigenvalue weighted by atomic mass is 9.76. The number of Topliss-reactive ketones (excluding diaryl/α,β-unsaturated/α-hetero) is 1. The second kappa shape index (κ2) is 5.95. The predicted octanol–water partition coefficient (Wildman–Crippen LogP) is 2.29. The Hall–Kier alpha value is -2.50. The molecule has 1 aromatic heterocycles. The zero-order valence-corrected chi connectivity index (χ0v) is 13.4. The maximum absolute atomic E-state index is 12.1. The molecule has 1 aromatic carbocycles. The highest BCUT2D eigenvalue weighted by atomic mass is 16.2. The Morgan fingerprint density at radius 2 is 2.13 bits per heavy atom. The number of rotatable bonds is 3. The Bertz CT molecular complexity index is 789. The molecule has 0 atom stereocenters. The van der Waals surface area contributed by atoms with Crippen LogP contribution in [0.25, 0.3) is 11.0 Å². The van der Waals surface area contributed by atoms with Crippen LogP contribution in [0.1, 0.15) is 33.1 Å². The number of para-hydroxylation sites is 2. The number of nitrogens with zero attached hydrogens (tertiary/aromatic N) is 3. The summed E-state index contributed by atoms with van der Waals surface area (Å²) in [4.78, 5) is 28.1. The number of ketones is 1. The number of hydrogen-bond acceptors (Lipinski definition) is 4. The van der Waals surface area contributed by atoms with E-state index in [4.69, 9.17) is 0 Å². The largest absolute Gasteiger partial charge is 0.321 e. The summed E-state index contributed by atoms with van der Waals surface area (Å²) in [6.07, 6.45) is 3.27. The Morgan fingerprint density at radius 3 is 2.91 bits per heavy atom. The van der Waals surface area contributed by atoms with Gasteiger partial charge in [-0.3, -0.25) is 9.59 Å². The molecule has 23 heavy (non-hydrogen) atoms. The third-order valence-electron chi connectivity index (χ3n) is 3.94. The van der Waals surface area contributed by atoms with Gasteiger partial charge in [-0.05, 0) is 24.0 Å². The SMILES string of the molecule is CC1(C)CC(=O)C/C(=N/NC(=O)Cn2cnc3ccccc32)C1. The second-order valence-corrected chi connectivity index (χ2v) is 6.81. The Morgan fingerprint density at radius 1 is 1.35 bits per heavy atom. The highest BCUT2D eigenvalue weighted by Gasteiger charge is 2.30. The molecule has 1 aliphatic carbocycles. The molecule has 1 fully saturated rings. The van der Waals surface area contributed by atoms with Crippen LogP contribution in [0.3, 0.4) is 0 Å². The molecule has 2 aromatic rings. The normalized spacial score (nSPS) is 19.2. The molecule has 1 amide bonds. The summed E-state index contributed by atoms with van der Waals surface area (Å²) < 4.78 is 1.78. The minimum atomic E-state index is -0.225. The van der Waals surface area contributed by atoms with Gasteiger partial charge in [0.25, 0.3) is 5.91 Å². The van der Waals surface area contributed by atoms with Crippen molar-refractivity contribution in [3.8, 4) is 0 Å². The van der Waals surface area contributed by atoms with Gasteiger partial charge in [0.15, 0.2) is 0 Å². The minimum Gasteiger partial charge on any atom is -0.321 e. The van der Waals surface area contributed by atoms with E-state index in [1.165, 1.54) is 0 Å². The summed E-state index contributed by atoms with van der Waals surface area (Å²) in [7, 11) is 0. The summed E-state index contributed by atoms with van der Waals surface area (Å²) >= 11 is 0. The van der Waals surface area contributed by atoms with Crippen molar-refractivity contribution >= 4 is 28.4 Å². The molecule has 6 nitrogen and oxygen atoms in total. The molecule has 0 unspecified atom stereocenters. The van der Waals surface area contributed by atoms with Crippen molar-refractivity contribution < 1.29 is 9.59 Å². The van der Waals surface area contributed by atoms with Gasteiger partial charge in [0.2, 0.25) is 0 Å². The first-order valence-electron chi connectivity index (χ1n) is 7.69. The number of nitrogens with one attached hydrogen (secondary N) is 1. The zero-order chi connectivity index (χ0) is 16.4. The van der Waals surface area contributed by atoms with E-state index in [0.29, 0.717) is 12.8 Å². The smallest absolute Gasteiger partial charge is 0.260 e. The zero-order valence-electron chi connectivity index (χ0n) is 13.4. The van der Waals surface area contributed by atoms with Crippen LogP contribution in [-0.4, -0.2) is 27.0 Å². The molecule has 0 aliphatic heterocycles. The maximum atomic E-state index is 12.1. The van der Waals surface area contributed by atoms with Crippen LogP contribution in [-0.2, 0) is 16.1 Å². The molecule has 1 saturated carbocycles. The lowest BCUT2D eigenvalue weighted by molar-refractivity contribution is -0.122. The van der Waals surface area contributed by atoms with Gasteiger partial charge in [-0.2, -0.15) is 5.10 Å². The number of fused-ring (bicyclic) bond motifs is 1. The lowest BCUT2D eigenvalue weighted by Crippen LogP contribution is -2.32. The molecule has 6 heteroatoms. The van der Waals surface area contributed by atoms with Gasteiger partial charge in [-0.15, -0.1) is 0 Å². The van der Waals surface area contributed by atoms with Crippen LogP contribution < -0.4 is 5.43 Å². The second-order valence-electron chi connectivity index (χ2n) is 6.81. The van der Waals surface area contributed by atoms with Crippen LogP contribution in [0.4, 0.5) is 0 Å². The molecule has 120 valence electrons. The van der Waals surface area contributed by atoms with Gasteiger partial charge in [-0.1, -0.05) is 26.0 Å². The van der Waals surface area contributed by atoms with Crippen LogP contribution in [0.2, 0.25) is 0 Å². The van der Waals surface area contributed by atoms with E-state index in [-0.39, 0.29) is 23.7 Å². The highest BCUT2D eigenvalue weighted by Crippen LogP contribution is 2.31. The number of benzene rings is 1. The standard InChI is InChI=1S/C17H20N4O2/c1-17(2)8-12(7-13(22)9-17)19-20-16(23)10-21-11-18-14-5-3-4-6-15(14)21/h3-6,11H,7-10H2,1-2H3,(H,20,23)/b19-12-. The summed E-state index contributed by atoms with van der Waals surface area (Å²) in [6, 6.07) is 7.64. The van der Waals surface area contributed by atoms with Gasteiger partial charge < -0.3 is 4.57 Å². The van der Waals surface area contributed by atoms with Crippen molar-refractivity contribution in [2.24, 2.45) is 10.5 Å². The van der Waals surface area contributed by atoms with Crippen molar-refractivity contribution in [3.05, 3.63) is 30.6 Å². The molecule has 1 aliphatic rings. The minimum absolute atomic E-state index is 0.0839. The lowest BCUT2D eigenvalue weighted by Gasteiger charge is -2.29. The monoisotopic (exact) mass is 312 g/mol. The van der Waals surface area contributed by atoms with E-state index >= 15 is 0 Å². The summed E-state index contributed by atoms with van der Waals surface area (Å²) in [5.74, 6) is -0.0497. The number of imidazole rings is 1. The molecule has 0 saturated heterocycles. The van der Waals surface area contributed by atoms with Crippen molar-refractivity contribution in [2.75, 3.05) is 0 Å². The topological polar surface area (TPSA) is 76.3 Å². The van der Waals surface area contributed by atoms with Gasteiger partial charge in [0, 0.05) is 18.6 Å². The third kappa shape index (κ3) is 3.64. The first-order chi connectivity index (χ1) is 10.9. The highest BCUT2D eigenvalue weighted by molar-refractivity contribution is 6.05. The summed E-state index contributed by atoms with van der Waals surface area (Å²) in [5.41, 5.74) is 4.98. The van der Waals surface area contributed by atoms with E-state index in [2.05, 4.69) is 15.5 Å². The average Bonchev–Trinajstić information content (AvgIpc) is 2.86. The molecule has 0 bridgehead atoms. The van der Waals surface area contributed by atoms with Gasteiger partial charge in [0.1, 0.15) is 12.3 Å². The first-order valence-corrected chi connectivity index (χ1v) is 7.69. The van der Waals surface area contributed by atoms with Gasteiger partial charge in [-0.25, -0.2) is 10.4 Å². The quantitative estimate of drug-likeness (QED) is 0.883. The van der Waals surface area contributed by atoms with E-state index in [9.17, 15) is 9.59 Å². The van der Waals surface area contributed by atoms with Crippen LogP contribution >= 0.6 is 0 Å². The number of hydrazone groups is 1. The number of carbonyl (C=O) groups excluding carboxylic acids is 2.